The van der Waals surface area contributed by atoms with Crippen molar-refractivity contribution in [2.24, 2.45) is 0 Å². The molecule has 0 heterocycles. The molecule has 2 aromatic carbocycles. The SMILES string of the molecule is CC(C)(C)Oc1ccc(C2C3=C(CCCC3=O)CC3=C2C(=O)c2ccccc23)cc1. The van der Waals surface area contributed by atoms with Gasteiger partial charge in [-0.05, 0) is 68.9 Å². The van der Waals surface area contributed by atoms with Gasteiger partial charge in [-0.1, -0.05) is 42.0 Å². The smallest absolute Gasteiger partial charge is 0.190 e. The van der Waals surface area contributed by atoms with Gasteiger partial charge in [-0.15, -0.1) is 0 Å². The van der Waals surface area contributed by atoms with Gasteiger partial charge in [0.25, 0.3) is 0 Å². The first-order valence-electron chi connectivity index (χ1n) is 10.7. The molecule has 152 valence electrons. The van der Waals surface area contributed by atoms with Crippen molar-refractivity contribution in [2.45, 2.75) is 58.0 Å². The summed E-state index contributed by atoms with van der Waals surface area (Å²) in [7, 11) is 0. The molecule has 3 heteroatoms. The van der Waals surface area contributed by atoms with Crippen LogP contribution < -0.4 is 4.74 Å². The second-order valence-corrected chi connectivity index (χ2v) is 9.45. The van der Waals surface area contributed by atoms with Gasteiger partial charge in [0.1, 0.15) is 11.4 Å². The fourth-order valence-corrected chi connectivity index (χ4v) is 5.12. The van der Waals surface area contributed by atoms with Gasteiger partial charge >= 0.3 is 0 Å². The van der Waals surface area contributed by atoms with Gasteiger partial charge in [0.2, 0.25) is 0 Å². The number of carbonyl (C=O) groups is 2. The highest BCUT2D eigenvalue weighted by atomic mass is 16.5. The number of benzene rings is 2. The average Bonchev–Trinajstić information content (AvgIpc) is 2.99. The van der Waals surface area contributed by atoms with Gasteiger partial charge in [0.15, 0.2) is 11.6 Å². The summed E-state index contributed by atoms with van der Waals surface area (Å²) in [5, 5.41) is 0. The van der Waals surface area contributed by atoms with E-state index in [0.717, 1.165) is 58.4 Å². The molecule has 1 atom stereocenters. The van der Waals surface area contributed by atoms with E-state index in [4.69, 9.17) is 4.74 Å². The van der Waals surface area contributed by atoms with Crippen LogP contribution in [0.4, 0.5) is 0 Å². The van der Waals surface area contributed by atoms with Gasteiger partial charge in [0, 0.05) is 29.0 Å². The van der Waals surface area contributed by atoms with Crippen molar-refractivity contribution in [1.82, 2.24) is 0 Å². The lowest BCUT2D eigenvalue weighted by molar-refractivity contribution is -0.116. The van der Waals surface area contributed by atoms with Crippen molar-refractivity contribution < 1.29 is 14.3 Å². The fourth-order valence-electron chi connectivity index (χ4n) is 5.12. The van der Waals surface area contributed by atoms with Gasteiger partial charge in [0.05, 0.1) is 0 Å². The van der Waals surface area contributed by atoms with E-state index < -0.39 is 0 Å². The van der Waals surface area contributed by atoms with E-state index in [1.165, 1.54) is 5.57 Å². The third-order valence-electron chi connectivity index (χ3n) is 6.24. The van der Waals surface area contributed by atoms with Gasteiger partial charge in [-0.2, -0.15) is 0 Å². The van der Waals surface area contributed by atoms with E-state index in [0.29, 0.717) is 6.42 Å². The monoisotopic (exact) mass is 398 g/mol. The normalized spacial score (nSPS) is 20.8. The second-order valence-electron chi connectivity index (χ2n) is 9.45. The Morgan fingerprint density at radius 1 is 0.867 bits per heavy atom. The molecular formula is C27H26O3. The fraction of sp³-hybridized carbons (Fsp3) is 0.333. The van der Waals surface area contributed by atoms with Crippen LogP contribution >= 0.6 is 0 Å². The molecule has 3 nitrogen and oxygen atoms in total. The van der Waals surface area contributed by atoms with Crippen molar-refractivity contribution >= 4 is 17.1 Å². The van der Waals surface area contributed by atoms with E-state index in [1.54, 1.807) is 0 Å². The van der Waals surface area contributed by atoms with E-state index in [-0.39, 0.29) is 23.1 Å². The summed E-state index contributed by atoms with van der Waals surface area (Å²) in [5.74, 6) is 0.790. The quantitative estimate of drug-likeness (QED) is 0.618. The Balaban J connectivity index is 1.64. The van der Waals surface area contributed by atoms with Crippen molar-refractivity contribution in [3.63, 3.8) is 0 Å². The number of ether oxygens (including phenoxy) is 1. The number of rotatable bonds is 2. The average molecular weight is 399 g/mol. The zero-order valence-electron chi connectivity index (χ0n) is 17.7. The van der Waals surface area contributed by atoms with Crippen molar-refractivity contribution in [1.29, 1.82) is 0 Å². The molecule has 0 aromatic heterocycles. The third-order valence-corrected chi connectivity index (χ3v) is 6.24. The molecular weight excluding hydrogens is 372 g/mol. The minimum atomic E-state index is -0.278. The number of allylic oxidation sites excluding steroid dienone is 4. The molecule has 0 fully saturated rings. The maximum absolute atomic E-state index is 13.4. The van der Waals surface area contributed by atoms with Crippen LogP contribution in [0.1, 0.15) is 73.9 Å². The molecule has 0 saturated carbocycles. The molecule has 0 N–H and O–H groups in total. The largest absolute Gasteiger partial charge is 0.488 e. The maximum atomic E-state index is 13.4. The Kier molecular flexibility index (Phi) is 4.32. The molecule has 3 aliphatic carbocycles. The molecule has 0 amide bonds. The van der Waals surface area contributed by atoms with Gasteiger partial charge < -0.3 is 4.74 Å². The van der Waals surface area contributed by atoms with E-state index in [1.807, 2.05) is 69.3 Å². The summed E-state index contributed by atoms with van der Waals surface area (Å²) in [5.41, 5.74) is 6.53. The topological polar surface area (TPSA) is 43.4 Å². The predicted octanol–water partition coefficient (Wildman–Crippen LogP) is 6.05. The minimum Gasteiger partial charge on any atom is -0.488 e. The van der Waals surface area contributed by atoms with Crippen LogP contribution in [-0.4, -0.2) is 17.2 Å². The highest BCUT2D eigenvalue weighted by Crippen LogP contribution is 2.52. The molecule has 0 radical (unpaired) electrons. The Labute approximate surface area is 177 Å². The Morgan fingerprint density at radius 2 is 1.57 bits per heavy atom. The van der Waals surface area contributed by atoms with Crippen molar-refractivity contribution in [3.05, 3.63) is 81.9 Å². The standard InChI is InChI=1S/C27H26O3/c1-27(2,3)30-18-13-11-16(12-14-18)24-23-17(7-6-10-22(23)28)15-21-19-8-4-5-9-20(19)26(29)25(21)24/h4-5,8-9,11-14,24H,6-7,10,15H2,1-3H3. The van der Waals surface area contributed by atoms with Crippen molar-refractivity contribution in [3.8, 4) is 5.75 Å². The molecule has 0 spiro atoms. The second kappa shape index (κ2) is 6.80. The van der Waals surface area contributed by atoms with E-state index in [2.05, 4.69) is 0 Å². The van der Waals surface area contributed by atoms with Crippen molar-refractivity contribution in [2.75, 3.05) is 0 Å². The Bertz CT molecular complexity index is 1120. The van der Waals surface area contributed by atoms with Gasteiger partial charge in [-0.25, -0.2) is 0 Å². The van der Waals surface area contributed by atoms with Crippen LogP contribution in [0, 0.1) is 0 Å². The molecule has 0 bridgehead atoms. The van der Waals surface area contributed by atoms with Crippen LogP contribution in [0.5, 0.6) is 5.75 Å². The van der Waals surface area contributed by atoms with E-state index in [9.17, 15) is 9.59 Å². The molecule has 3 aliphatic rings. The summed E-state index contributed by atoms with van der Waals surface area (Å²) in [6, 6.07) is 15.8. The molecule has 0 saturated heterocycles. The number of hydrogen-bond acceptors (Lipinski definition) is 3. The number of hydrogen-bond donors (Lipinski definition) is 0. The number of carbonyl (C=O) groups excluding carboxylic acids is 2. The van der Waals surface area contributed by atoms with Crippen LogP contribution in [-0.2, 0) is 4.79 Å². The highest BCUT2D eigenvalue weighted by molar-refractivity contribution is 6.23. The summed E-state index contributed by atoms with van der Waals surface area (Å²) in [4.78, 5) is 26.5. The lowest BCUT2D eigenvalue weighted by Crippen LogP contribution is -2.25. The Morgan fingerprint density at radius 3 is 2.27 bits per heavy atom. The lowest BCUT2D eigenvalue weighted by atomic mass is 9.69. The maximum Gasteiger partial charge on any atom is 0.190 e. The lowest BCUT2D eigenvalue weighted by Gasteiger charge is -2.32. The molecule has 1 unspecified atom stereocenters. The first-order valence-corrected chi connectivity index (χ1v) is 10.7. The first kappa shape index (κ1) is 19.0. The third kappa shape index (κ3) is 3.04. The van der Waals surface area contributed by atoms with Crippen LogP contribution in [0.3, 0.4) is 0 Å². The molecule has 2 aromatic rings. The molecule has 30 heavy (non-hydrogen) atoms. The Hall–Kier alpha value is -2.94. The van der Waals surface area contributed by atoms with Crippen LogP contribution in [0.25, 0.3) is 5.57 Å². The summed E-state index contributed by atoms with van der Waals surface area (Å²) in [6.07, 6.45) is 3.14. The first-order chi connectivity index (χ1) is 14.3. The van der Waals surface area contributed by atoms with Crippen LogP contribution in [0.2, 0.25) is 0 Å². The minimum absolute atomic E-state index is 0.0746. The van der Waals surface area contributed by atoms with E-state index >= 15 is 0 Å². The number of fused-ring (bicyclic) bond motifs is 2. The highest BCUT2D eigenvalue weighted by Gasteiger charge is 2.43. The zero-order chi connectivity index (χ0) is 21.0. The van der Waals surface area contributed by atoms with Crippen LogP contribution in [0.15, 0.2) is 65.3 Å². The zero-order valence-corrected chi connectivity index (χ0v) is 17.7. The summed E-state index contributed by atoms with van der Waals surface area (Å²) in [6.45, 7) is 6.06. The molecule has 5 rings (SSSR count). The molecule has 0 aliphatic heterocycles. The van der Waals surface area contributed by atoms with Gasteiger partial charge in [-0.3, -0.25) is 9.59 Å². The summed E-state index contributed by atoms with van der Waals surface area (Å²) < 4.78 is 5.97. The predicted molar refractivity (Wildman–Crippen MR) is 118 cm³/mol. The number of ketones is 2. The summed E-state index contributed by atoms with van der Waals surface area (Å²) >= 11 is 0. The number of Topliss-reactive ketones (excluding diaryl/α,β-unsaturated/α-hetero) is 2.